The predicted molar refractivity (Wildman–Crippen MR) is 88.2 cm³/mol. The lowest BCUT2D eigenvalue weighted by Crippen LogP contribution is -2.34. The molecule has 0 spiro atoms. The molecule has 3 aromatic rings. The number of hydrogen-bond donors (Lipinski definition) is 1. The molecule has 0 saturated carbocycles. The summed E-state index contributed by atoms with van der Waals surface area (Å²) >= 11 is 0. The first kappa shape index (κ1) is 15.0. The highest BCUT2D eigenvalue weighted by atomic mass is 19.1. The Kier molecular flexibility index (Phi) is 3.86. The normalized spacial score (nSPS) is 15.8. The van der Waals surface area contributed by atoms with Crippen molar-refractivity contribution in [2.45, 2.75) is 18.9 Å². The van der Waals surface area contributed by atoms with Crippen LogP contribution in [-0.2, 0) is 7.05 Å². The highest BCUT2D eigenvalue weighted by molar-refractivity contribution is 5.90. The van der Waals surface area contributed by atoms with Crippen molar-refractivity contribution in [1.82, 2.24) is 25.1 Å². The topological polar surface area (TPSA) is 64.9 Å². The summed E-state index contributed by atoms with van der Waals surface area (Å²) in [6.45, 7) is 1.89. The van der Waals surface area contributed by atoms with Crippen molar-refractivity contribution >= 4 is 11.0 Å². The third-order valence-corrected chi connectivity index (χ3v) is 4.21. The molecule has 7 heteroatoms. The van der Waals surface area contributed by atoms with Crippen LogP contribution in [0.2, 0.25) is 0 Å². The maximum Gasteiger partial charge on any atom is 0.318 e. The summed E-state index contributed by atoms with van der Waals surface area (Å²) in [5.41, 5.74) is 2.05. The Hall–Kier alpha value is -2.54. The molecule has 0 radical (unpaired) electrons. The molecule has 3 heterocycles. The van der Waals surface area contributed by atoms with E-state index in [1.54, 1.807) is 16.9 Å². The minimum atomic E-state index is -0.293. The van der Waals surface area contributed by atoms with E-state index in [2.05, 4.69) is 20.4 Å². The average molecular weight is 327 g/mol. The van der Waals surface area contributed by atoms with Crippen LogP contribution in [-0.4, -0.2) is 38.9 Å². The van der Waals surface area contributed by atoms with E-state index in [0.717, 1.165) is 31.3 Å². The zero-order chi connectivity index (χ0) is 16.5. The SMILES string of the molecule is Cn1nc(-c2cccc(F)c2)c2cnc(OC3CCNCC3)nc21. The Morgan fingerprint density at radius 3 is 2.92 bits per heavy atom. The van der Waals surface area contributed by atoms with Gasteiger partial charge < -0.3 is 10.1 Å². The van der Waals surface area contributed by atoms with Gasteiger partial charge in [-0.05, 0) is 38.1 Å². The van der Waals surface area contributed by atoms with Gasteiger partial charge in [0, 0.05) is 18.8 Å². The lowest BCUT2D eigenvalue weighted by atomic mass is 10.1. The number of hydrogen-bond acceptors (Lipinski definition) is 5. The largest absolute Gasteiger partial charge is 0.460 e. The monoisotopic (exact) mass is 327 g/mol. The second-order valence-electron chi connectivity index (χ2n) is 5.94. The quantitative estimate of drug-likeness (QED) is 0.800. The Morgan fingerprint density at radius 1 is 1.29 bits per heavy atom. The molecule has 124 valence electrons. The second-order valence-corrected chi connectivity index (χ2v) is 5.94. The lowest BCUT2D eigenvalue weighted by molar-refractivity contribution is 0.149. The van der Waals surface area contributed by atoms with Gasteiger partial charge in [0.05, 0.1) is 5.39 Å². The van der Waals surface area contributed by atoms with Crippen LogP contribution in [0.1, 0.15) is 12.8 Å². The highest BCUT2D eigenvalue weighted by Gasteiger charge is 2.18. The molecular weight excluding hydrogens is 309 g/mol. The smallest absolute Gasteiger partial charge is 0.318 e. The van der Waals surface area contributed by atoms with Crippen molar-refractivity contribution < 1.29 is 9.13 Å². The first-order chi connectivity index (χ1) is 11.7. The van der Waals surface area contributed by atoms with Crippen LogP contribution in [0.3, 0.4) is 0 Å². The average Bonchev–Trinajstić information content (AvgIpc) is 2.92. The van der Waals surface area contributed by atoms with Crippen LogP contribution in [0.25, 0.3) is 22.3 Å². The third kappa shape index (κ3) is 2.82. The molecular formula is C17H18FN5O. The van der Waals surface area contributed by atoms with Gasteiger partial charge in [-0.1, -0.05) is 12.1 Å². The number of fused-ring (bicyclic) bond motifs is 1. The molecule has 1 aliphatic rings. The minimum Gasteiger partial charge on any atom is -0.460 e. The fourth-order valence-corrected chi connectivity index (χ4v) is 2.99. The summed E-state index contributed by atoms with van der Waals surface area (Å²) in [7, 11) is 1.81. The third-order valence-electron chi connectivity index (χ3n) is 4.21. The molecule has 6 nitrogen and oxygen atoms in total. The van der Waals surface area contributed by atoms with Gasteiger partial charge in [0.15, 0.2) is 5.65 Å². The number of nitrogens with zero attached hydrogens (tertiary/aromatic N) is 4. The molecule has 0 bridgehead atoms. The van der Waals surface area contributed by atoms with Gasteiger partial charge in [-0.3, -0.25) is 0 Å². The molecule has 0 aliphatic carbocycles. The summed E-state index contributed by atoms with van der Waals surface area (Å²) < 4.78 is 21.1. The van der Waals surface area contributed by atoms with E-state index in [1.807, 2.05) is 13.1 Å². The first-order valence-corrected chi connectivity index (χ1v) is 8.04. The number of rotatable bonds is 3. The molecule has 1 N–H and O–H groups in total. The first-order valence-electron chi connectivity index (χ1n) is 8.04. The zero-order valence-electron chi connectivity index (χ0n) is 13.4. The van der Waals surface area contributed by atoms with Crippen LogP contribution < -0.4 is 10.1 Å². The Balaban J connectivity index is 1.69. The van der Waals surface area contributed by atoms with Crippen molar-refractivity contribution in [2.24, 2.45) is 7.05 Å². The fraction of sp³-hybridized carbons (Fsp3) is 0.353. The molecule has 1 aromatic carbocycles. The van der Waals surface area contributed by atoms with Crippen LogP contribution >= 0.6 is 0 Å². The van der Waals surface area contributed by atoms with Crippen molar-refractivity contribution in [1.29, 1.82) is 0 Å². The molecule has 1 saturated heterocycles. The maximum atomic E-state index is 13.5. The van der Waals surface area contributed by atoms with E-state index in [-0.39, 0.29) is 11.9 Å². The van der Waals surface area contributed by atoms with Crippen molar-refractivity contribution in [3.8, 4) is 17.3 Å². The van der Waals surface area contributed by atoms with E-state index in [9.17, 15) is 4.39 Å². The van der Waals surface area contributed by atoms with Crippen LogP contribution in [0.5, 0.6) is 6.01 Å². The van der Waals surface area contributed by atoms with E-state index in [0.29, 0.717) is 22.9 Å². The fourth-order valence-electron chi connectivity index (χ4n) is 2.99. The maximum absolute atomic E-state index is 13.5. The van der Waals surface area contributed by atoms with E-state index < -0.39 is 0 Å². The number of nitrogens with one attached hydrogen (secondary N) is 1. The number of aromatic nitrogens is 4. The standard InChI is InChI=1S/C17H18FN5O/c1-23-16-14(15(22-23)11-3-2-4-12(18)9-11)10-20-17(21-16)24-13-5-7-19-8-6-13/h2-4,9-10,13,19H,5-8H2,1H3. The molecule has 1 aliphatic heterocycles. The van der Waals surface area contributed by atoms with Crippen LogP contribution in [0, 0.1) is 5.82 Å². The van der Waals surface area contributed by atoms with E-state index in [4.69, 9.17) is 4.74 Å². The van der Waals surface area contributed by atoms with Gasteiger partial charge in [-0.15, -0.1) is 0 Å². The molecule has 2 aromatic heterocycles. The van der Waals surface area contributed by atoms with Crippen molar-refractivity contribution in [2.75, 3.05) is 13.1 Å². The Labute approximate surface area is 138 Å². The molecule has 24 heavy (non-hydrogen) atoms. The summed E-state index contributed by atoms with van der Waals surface area (Å²) in [5, 5.41) is 8.55. The molecule has 4 rings (SSSR count). The number of piperidine rings is 1. The molecule has 1 fully saturated rings. The summed E-state index contributed by atoms with van der Waals surface area (Å²) in [4.78, 5) is 8.81. The van der Waals surface area contributed by atoms with Crippen molar-refractivity contribution in [3.05, 3.63) is 36.3 Å². The highest BCUT2D eigenvalue weighted by Crippen LogP contribution is 2.27. The Morgan fingerprint density at radius 2 is 2.12 bits per heavy atom. The second kappa shape index (κ2) is 6.16. The zero-order valence-corrected chi connectivity index (χ0v) is 13.4. The summed E-state index contributed by atoms with van der Waals surface area (Å²) in [6.07, 6.45) is 3.73. The summed E-state index contributed by atoms with van der Waals surface area (Å²) in [5.74, 6) is -0.293. The lowest BCUT2D eigenvalue weighted by Gasteiger charge is -2.22. The summed E-state index contributed by atoms with van der Waals surface area (Å²) in [6, 6.07) is 6.73. The van der Waals surface area contributed by atoms with Gasteiger partial charge >= 0.3 is 6.01 Å². The molecule has 0 unspecified atom stereocenters. The molecule has 0 amide bonds. The van der Waals surface area contributed by atoms with E-state index in [1.165, 1.54) is 12.1 Å². The number of halogens is 1. The Bertz CT molecular complexity index is 873. The number of aryl methyl sites for hydroxylation is 1. The number of benzene rings is 1. The van der Waals surface area contributed by atoms with Crippen LogP contribution in [0.15, 0.2) is 30.5 Å². The van der Waals surface area contributed by atoms with Gasteiger partial charge in [-0.25, -0.2) is 14.1 Å². The van der Waals surface area contributed by atoms with Gasteiger partial charge in [0.2, 0.25) is 0 Å². The molecule has 0 atom stereocenters. The van der Waals surface area contributed by atoms with E-state index >= 15 is 0 Å². The van der Waals surface area contributed by atoms with Gasteiger partial charge in [0.1, 0.15) is 17.6 Å². The number of ether oxygens (including phenoxy) is 1. The minimum absolute atomic E-state index is 0.139. The van der Waals surface area contributed by atoms with Gasteiger partial charge in [-0.2, -0.15) is 10.1 Å². The van der Waals surface area contributed by atoms with Crippen LogP contribution in [0.4, 0.5) is 4.39 Å². The van der Waals surface area contributed by atoms with Crippen molar-refractivity contribution in [3.63, 3.8) is 0 Å². The van der Waals surface area contributed by atoms with Gasteiger partial charge in [0.25, 0.3) is 0 Å². The predicted octanol–water partition coefficient (Wildman–Crippen LogP) is 2.30.